The number of benzene rings is 2. The zero-order chi connectivity index (χ0) is 22.1. The van der Waals surface area contributed by atoms with E-state index in [-0.39, 0.29) is 29.7 Å². The fourth-order valence-corrected chi connectivity index (χ4v) is 4.82. The molecular formula is C22H17FN2O5S. The Morgan fingerprint density at radius 1 is 1.23 bits per heavy atom. The third-order valence-corrected chi connectivity index (χ3v) is 6.17. The van der Waals surface area contributed by atoms with Gasteiger partial charge in [0.15, 0.2) is 6.61 Å². The SMILES string of the molecule is NC(=O)COc1ccc([C@@H]2CC(=O)Nc3c2sc(C(=O)O)c3-c2cccc(F)c2)cc1. The van der Waals surface area contributed by atoms with Gasteiger partial charge >= 0.3 is 5.97 Å². The molecule has 0 spiro atoms. The van der Waals surface area contributed by atoms with Crippen molar-refractivity contribution in [3.63, 3.8) is 0 Å². The Morgan fingerprint density at radius 2 is 1.97 bits per heavy atom. The summed E-state index contributed by atoms with van der Waals surface area (Å²) in [6.45, 7) is -0.251. The first-order valence-electron chi connectivity index (χ1n) is 9.30. The van der Waals surface area contributed by atoms with Crippen molar-refractivity contribution >= 4 is 34.8 Å². The number of primary amides is 1. The number of hydrogen-bond donors (Lipinski definition) is 3. The fraction of sp³-hybridized carbons (Fsp3) is 0.136. The normalized spacial score (nSPS) is 15.1. The lowest BCUT2D eigenvalue weighted by molar-refractivity contribution is -0.120. The van der Waals surface area contributed by atoms with Gasteiger partial charge in [-0.15, -0.1) is 11.3 Å². The van der Waals surface area contributed by atoms with Gasteiger partial charge in [-0.25, -0.2) is 9.18 Å². The topological polar surface area (TPSA) is 119 Å². The molecule has 2 aromatic carbocycles. The quantitative estimate of drug-likeness (QED) is 0.541. The van der Waals surface area contributed by atoms with Crippen LogP contribution in [-0.2, 0) is 9.59 Å². The molecule has 0 unspecified atom stereocenters. The number of carboxylic acids is 1. The first-order valence-corrected chi connectivity index (χ1v) is 10.1. The molecule has 9 heteroatoms. The summed E-state index contributed by atoms with van der Waals surface area (Å²) < 4.78 is 19.1. The molecule has 158 valence electrons. The summed E-state index contributed by atoms with van der Waals surface area (Å²) in [6, 6.07) is 12.4. The maximum absolute atomic E-state index is 13.8. The van der Waals surface area contributed by atoms with Gasteiger partial charge in [0, 0.05) is 22.8 Å². The molecule has 1 aromatic heterocycles. The third-order valence-electron chi connectivity index (χ3n) is 4.88. The predicted octanol–water partition coefficient (Wildman–Crippen LogP) is 3.59. The van der Waals surface area contributed by atoms with E-state index in [2.05, 4.69) is 5.32 Å². The molecule has 0 radical (unpaired) electrons. The average molecular weight is 440 g/mol. The van der Waals surface area contributed by atoms with Crippen molar-refractivity contribution in [2.24, 2.45) is 5.73 Å². The second-order valence-corrected chi connectivity index (χ2v) is 8.04. The molecule has 1 aliphatic rings. The van der Waals surface area contributed by atoms with Crippen LogP contribution in [0, 0.1) is 5.82 Å². The van der Waals surface area contributed by atoms with Gasteiger partial charge in [0.25, 0.3) is 5.91 Å². The maximum Gasteiger partial charge on any atom is 0.346 e. The third kappa shape index (κ3) is 4.13. The number of rotatable bonds is 6. The van der Waals surface area contributed by atoms with Crippen LogP contribution in [0.3, 0.4) is 0 Å². The zero-order valence-electron chi connectivity index (χ0n) is 16.1. The number of carbonyl (C=O) groups is 3. The Labute approximate surface area is 180 Å². The lowest BCUT2D eigenvalue weighted by Gasteiger charge is -2.24. The zero-order valence-corrected chi connectivity index (χ0v) is 16.9. The molecule has 0 bridgehead atoms. The minimum Gasteiger partial charge on any atom is -0.484 e. The molecule has 0 saturated carbocycles. The molecular weight excluding hydrogens is 423 g/mol. The largest absolute Gasteiger partial charge is 0.484 e. The van der Waals surface area contributed by atoms with Crippen LogP contribution >= 0.6 is 11.3 Å². The number of halogens is 1. The van der Waals surface area contributed by atoms with E-state index in [0.717, 1.165) is 16.9 Å². The van der Waals surface area contributed by atoms with Gasteiger partial charge in [-0.05, 0) is 35.4 Å². The molecule has 4 N–H and O–H groups in total. The molecule has 2 amide bonds. The monoisotopic (exact) mass is 440 g/mol. The van der Waals surface area contributed by atoms with Gasteiger partial charge in [-0.1, -0.05) is 24.3 Å². The summed E-state index contributed by atoms with van der Waals surface area (Å²) in [6.07, 6.45) is 0.136. The molecule has 2 heterocycles. The lowest BCUT2D eigenvalue weighted by Crippen LogP contribution is -2.22. The van der Waals surface area contributed by atoms with Crippen LogP contribution < -0.4 is 15.8 Å². The van der Waals surface area contributed by atoms with E-state index < -0.39 is 17.7 Å². The molecule has 0 fully saturated rings. The maximum atomic E-state index is 13.8. The summed E-state index contributed by atoms with van der Waals surface area (Å²) in [5.41, 5.74) is 6.93. The number of anilines is 1. The number of nitrogens with two attached hydrogens (primary N) is 1. The highest BCUT2D eigenvalue weighted by molar-refractivity contribution is 7.15. The highest BCUT2D eigenvalue weighted by Gasteiger charge is 2.34. The number of fused-ring (bicyclic) bond motifs is 1. The molecule has 1 aliphatic heterocycles. The van der Waals surface area contributed by atoms with Gasteiger partial charge < -0.3 is 20.9 Å². The first kappa shape index (κ1) is 20.5. The standard InChI is InChI=1S/C22H17FN2O5S/c23-13-3-1-2-12(8-13)18-19-20(31-21(18)22(28)29)15(9-17(27)25-19)11-4-6-14(7-5-11)30-10-16(24)26/h1-8,15H,9-10H2,(H2,24,26)(H,25,27)(H,28,29)/t15-/m0/s1. The first-order chi connectivity index (χ1) is 14.8. The fourth-order valence-electron chi connectivity index (χ4n) is 3.58. The molecule has 4 rings (SSSR count). The molecule has 0 aliphatic carbocycles. The van der Waals surface area contributed by atoms with Crippen LogP contribution in [0.1, 0.15) is 32.5 Å². The summed E-state index contributed by atoms with van der Waals surface area (Å²) in [5.74, 6) is -2.44. The van der Waals surface area contributed by atoms with Crippen molar-refractivity contribution in [3.05, 3.63) is 69.7 Å². The second kappa shape index (κ2) is 8.19. The van der Waals surface area contributed by atoms with Crippen molar-refractivity contribution in [2.45, 2.75) is 12.3 Å². The highest BCUT2D eigenvalue weighted by Crippen LogP contribution is 2.49. The van der Waals surface area contributed by atoms with Gasteiger partial charge in [0.05, 0.1) is 5.69 Å². The number of ether oxygens (including phenoxy) is 1. The number of carbonyl (C=O) groups excluding carboxylic acids is 2. The Balaban J connectivity index is 1.78. The van der Waals surface area contributed by atoms with Gasteiger partial charge in [0.1, 0.15) is 16.4 Å². The van der Waals surface area contributed by atoms with E-state index in [9.17, 15) is 23.9 Å². The number of amides is 2. The second-order valence-electron chi connectivity index (χ2n) is 6.99. The van der Waals surface area contributed by atoms with Crippen LogP contribution in [0.15, 0.2) is 48.5 Å². The molecule has 31 heavy (non-hydrogen) atoms. The van der Waals surface area contributed by atoms with Crippen molar-refractivity contribution < 1.29 is 28.6 Å². The Bertz CT molecular complexity index is 1190. The van der Waals surface area contributed by atoms with E-state index in [1.54, 1.807) is 30.3 Å². The minimum atomic E-state index is -1.15. The van der Waals surface area contributed by atoms with Crippen LogP contribution in [0.2, 0.25) is 0 Å². The van der Waals surface area contributed by atoms with E-state index in [0.29, 0.717) is 27.4 Å². The minimum absolute atomic E-state index is 0.0317. The van der Waals surface area contributed by atoms with Crippen LogP contribution in [0.25, 0.3) is 11.1 Å². The lowest BCUT2D eigenvalue weighted by atomic mass is 9.88. The number of carboxylic acid groups (broad SMARTS) is 1. The summed E-state index contributed by atoms with van der Waals surface area (Å²) >= 11 is 1.06. The highest BCUT2D eigenvalue weighted by atomic mass is 32.1. The molecule has 0 saturated heterocycles. The van der Waals surface area contributed by atoms with Gasteiger partial charge in [-0.3, -0.25) is 9.59 Å². The summed E-state index contributed by atoms with van der Waals surface area (Å²) in [7, 11) is 0. The Hall–Kier alpha value is -3.72. The van der Waals surface area contributed by atoms with E-state index >= 15 is 0 Å². The summed E-state index contributed by atoms with van der Waals surface area (Å²) in [4.78, 5) is 36.0. The van der Waals surface area contributed by atoms with E-state index in [1.807, 2.05) is 0 Å². The predicted molar refractivity (Wildman–Crippen MR) is 113 cm³/mol. The Kier molecular flexibility index (Phi) is 5.43. The number of hydrogen-bond acceptors (Lipinski definition) is 5. The number of aromatic carboxylic acids is 1. The summed E-state index contributed by atoms with van der Waals surface area (Å²) in [5, 5.41) is 12.5. The van der Waals surface area contributed by atoms with Crippen molar-refractivity contribution in [3.8, 4) is 16.9 Å². The van der Waals surface area contributed by atoms with Crippen molar-refractivity contribution in [2.75, 3.05) is 11.9 Å². The molecule has 3 aromatic rings. The van der Waals surface area contributed by atoms with Crippen LogP contribution in [-0.4, -0.2) is 29.5 Å². The van der Waals surface area contributed by atoms with Crippen molar-refractivity contribution in [1.29, 1.82) is 0 Å². The van der Waals surface area contributed by atoms with Crippen molar-refractivity contribution in [1.82, 2.24) is 0 Å². The van der Waals surface area contributed by atoms with E-state index in [4.69, 9.17) is 10.5 Å². The smallest absolute Gasteiger partial charge is 0.346 e. The number of nitrogens with one attached hydrogen (secondary N) is 1. The molecule has 7 nitrogen and oxygen atoms in total. The number of thiophene rings is 1. The average Bonchev–Trinajstić information content (AvgIpc) is 3.11. The Morgan fingerprint density at radius 3 is 2.61 bits per heavy atom. The van der Waals surface area contributed by atoms with Gasteiger partial charge in [-0.2, -0.15) is 0 Å². The van der Waals surface area contributed by atoms with Crippen LogP contribution in [0.4, 0.5) is 10.1 Å². The van der Waals surface area contributed by atoms with E-state index in [1.165, 1.54) is 18.2 Å². The van der Waals surface area contributed by atoms with Crippen LogP contribution in [0.5, 0.6) is 5.75 Å². The van der Waals surface area contributed by atoms with Gasteiger partial charge in [0.2, 0.25) is 5.91 Å². The molecule has 1 atom stereocenters.